The highest BCUT2D eigenvalue weighted by molar-refractivity contribution is 6.00. The maximum atomic E-state index is 13.0. The Hall–Kier alpha value is -4.39. The van der Waals surface area contributed by atoms with Gasteiger partial charge in [0.2, 0.25) is 0 Å². The lowest BCUT2D eigenvalue weighted by Crippen LogP contribution is -2.18. The molecule has 0 bridgehead atoms. The van der Waals surface area contributed by atoms with Gasteiger partial charge in [-0.05, 0) is 31.2 Å². The topological polar surface area (TPSA) is 88.7 Å². The molecule has 7 nitrogen and oxygen atoms in total. The van der Waals surface area contributed by atoms with Gasteiger partial charge in [0.25, 0.3) is 5.91 Å². The fourth-order valence-electron chi connectivity index (χ4n) is 3.20. The SMILES string of the molecule is CCOc1cccc(/C=N/NC(=O)c2cn(-c3ccccc3)nc2-c2ccccc2)c1O. The van der Waals surface area contributed by atoms with Gasteiger partial charge >= 0.3 is 0 Å². The van der Waals surface area contributed by atoms with E-state index in [0.29, 0.717) is 29.2 Å². The van der Waals surface area contributed by atoms with Gasteiger partial charge in [-0.1, -0.05) is 54.6 Å². The first-order chi connectivity index (χ1) is 15.7. The molecule has 0 saturated carbocycles. The molecule has 0 spiro atoms. The van der Waals surface area contributed by atoms with Crippen LogP contribution in [0, 0.1) is 0 Å². The summed E-state index contributed by atoms with van der Waals surface area (Å²) < 4.78 is 7.04. The second kappa shape index (κ2) is 9.61. The summed E-state index contributed by atoms with van der Waals surface area (Å²) in [6.07, 6.45) is 3.05. The number of carbonyl (C=O) groups excluding carboxylic acids is 1. The number of ether oxygens (including phenoxy) is 1. The van der Waals surface area contributed by atoms with E-state index in [1.54, 1.807) is 29.1 Å². The summed E-state index contributed by atoms with van der Waals surface area (Å²) >= 11 is 0. The lowest BCUT2D eigenvalue weighted by atomic mass is 10.1. The number of phenols is 1. The minimum Gasteiger partial charge on any atom is -0.504 e. The van der Waals surface area contributed by atoms with E-state index in [1.165, 1.54) is 6.21 Å². The van der Waals surface area contributed by atoms with E-state index in [-0.39, 0.29) is 5.75 Å². The molecule has 0 atom stereocenters. The summed E-state index contributed by atoms with van der Waals surface area (Å²) in [6, 6.07) is 24.1. The summed E-state index contributed by atoms with van der Waals surface area (Å²) in [5.41, 5.74) is 5.54. The lowest BCUT2D eigenvalue weighted by Gasteiger charge is -2.07. The van der Waals surface area contributed by atoms with Gasteiger partial charge in [-0.3, -0.25) is 4.79 Å². The monoisotopic (exact) mass is 426 g/mol. The Morgan fingerprint density at radius 3 is 2.50 bits per heavy atom. The molecule has 4 aromatic rings. The number of rotatable bonds is 7. The van der Waals surface area contributed by atoms with E-state index in [0.717, 1.165) is 11.3 Å². The summed E-state index contributed by atoms with van der Waals surface area (Å²) in [5, 5.41) is 18.9. The molecule has 1 aromatic heterocycles. The van der Waals surface area contributed by atoms with Crippen molar-refractivity contribution in [2.75, 3.05) is 6.61 Å². The van der Waals surface area contributed by atoms with Crippen molar-refractivity contribution >= 4 is 12.1 Å². The third-order valence-corrected chi connectivity index (χ3v) is 4.73. The maximum Gasteiger partial charge on any atom is 0.275 e. The van der Waals surface area contributed by atoms with Crippen LogP contribution in [0.1, 0.15) is 22.8 Å². The average molecular weight is 426 g/mol. The Labute approximate surface area is 185 Å². The molecule has 0 saturated heterocycles. The smallest absolute Gasteiger partial charge is 0.275 e. The van der Waals surface area contributed by atoms with Crippen LogP contribution in [0.15, 0.2) is 90.2 Å². The Balaban J connectivity index is 1.61. The molecule has 0 unspecified atom stereocenters. The van der Waals surface area contributed by atoms with Crippen LogP contribution >= 0.6 is 0 Å². The molecule has 0 aliphatic heterocycles. The van der Waals surface area contributed by atoms with E-state index < -0.39 is 5.91 Å². The third-order valence-electron chi connectivity index (χ3n) is 4.73. The van der Waals surface area contributed by atoms with E-state index in [2.05, 4.69) is 15.6 Å². The zero-order valence-corrected chi connectivity index (χ0v) is 17.5. The number of nitrogens with zero attached hydrogens (tertiary/aromatic N) is 3. The minimum absolute atomic E-state index is 0.0331. The van der Waals surface area contributed by atoms with Gasteiger partial charge in [-0.15, -0.1) is 0 Å². The lowest BCUT2D eigenvalue weighted by molar-refractivity contribution is 0.0955. The van der Waals surface area contributed by atoms with E-state index >= 15 is 0 Å². The molecular weight excluding hydrogens is 404 g/mol. The molecule has 160 valence electrons. The molecule has 4 rings (SSSR count). The summed E-state index contributed by atoms with van der Waals surface area (Å²) in [7, 11) is 0. The first kappa shape index (κ1) is 20.9. The van der Waals surface area contributed by atoms with Crippen molar-refractivity contribution in [3.05, 3.63) is 96.2 Å². The Morgan fingerprint density at radius 2 is 1.78 bits per heavy atom. The second-order valence-electron chi connectivity index (χ2n) is 6.86. The highest BCUT2D eigenvalue weighted by atomic mass is 16.5. The van der Waals surface area contributed by atoms with Crippen LogP contribution in [0.3, 0.4) is 0 Å². The largest absolute Gasteiger partial charge is 0.504 e. The zero-order chi connectivity index (χ0) is 22.3. The second-order valence-corrected chi connectivity index (χ2v) is 6.86. The highest BCUT2D eigenvalue weighted by Crippen LogP contribution is 2.28. The van der Waals surface area contributed by atoms with Crippen molar-refractivity contribution in [1.29, 1.82) is 0 Å². The van der Waals surface area contributed by atoms with Crippen LogP contribution in [0.4, 0.5) is 0 Å². The van der Waals surface area contributed by atoms with Crippen molar-refractivity contribution in [3.63, 3.8) is 0 Å². The number of benzene rings is 3. The Bertz CT molecular complexity index is 1230. The van der Waals surface area contributed by atoms with Crippen molar-refractivity contribution in [1.82, 2.24) is 15.2 Å². The van der Waals surface area contributed by atoms with Crippen LogP contribution in [0.2, 0.25) is 0 Å². The number of amides is 1. The molecule has 0 aliphatic carbocycles. The van der Waals surface area contributed by atoms with Crippen LogP contribution in [0.5, 0.6) is 11.5 Å². The Kier molecular flexibility index (Phi) is 6.27. The number of hydrogen-bond acceptors (Lipinski definition) is 5. The normalized spacial score (nSPS) is 10.9. The average Bonchev–Trinajstić information content (AvgIpc) is 3.28. The molecule has 3 aromatic carbocycles. The minimum atomic E-state index is -0.414. The van der Waals surface area contributed by atoms with Crippen molar-refractivity contribution < 1.29 is 14.6 Å². The Morgan fingerprint density at radius 1 is 1.06 bits per heavy atom. The first-order valence-corrected chi connectivity index (χ1v) is 10.2. The van der Waals surface area contributed by atoms with Gasteiger partial charge in [-0.2, -0.15) is 10.2 Å². The molecule has 7 heteroatoms. The number of aromatic nitrogens is 2. The van der Waals surface area contributed by atoms with Crippen LogP contribution in [-0.2, 0) is 0 Å². The van der Waals surface area contributed by atoms with Gasteiger partial charge in [-0.25, -0.2) is 10.1 Å². The van der Waals surface area contributed by atoms with Gasteiger partial charge < -0.3 is 9.84 Å². The van der Waals surface area contributed by atoms with E-state index in [4.69, 9.17) is 4.74 Å². The number of nitrogens with one attached hydrogen (secondary N) is 1. The molecule has 2 N–H and O–H groups in total. The summed E-state index contributed by atoms with van der Waals surface area (Å²) in [4.78, 5) is 13.0. The van der Waals surface area contributed by atoms with Crippen LogP contribution < -0.4 is 10.2 Å². The molecule has 0 fully saturated rings. The van der Waals surface area contributed by atoms with E-state index in [1.807, 2.05) is 67.6 Å². The first-order valence-electron chi connectivity index (χ1n) is 10.2. The fraction of sp³-hybridized carbons (Fsp3) is 0.0800. The standard InChI is InChI=1S/C25H22N4O3/c1-2-32-22-15-9-12-19(24(22)30)16-26-27-25(31)21-17-29(20-13-7-4-8-14-20)28-23(21)18-10-5-3-6-11-18/h3-17,30H,2H2,1H3,(H,27,31)/b26-16+. The van der Waals surface area contributed by atoms with Gasteiger partial charge in [0.15, 0.2) is 11.5 Å². The predicted octanol–water partition coefficient (Wildman–Crippen LogP) is 4.41. The number of aromatic hydroxyl groups is 1. The number of hydrazone groups is 1. The van der Waals surface area contributed by atoms with Crippen LogP contribution in [-0.4, -0.2) is 33.6 Å². The number of phenolic OH excluding ortho intramolecular Hbond substituents is 1. The van der Waals surface area contributed by atoms with E-state index in [9.17, 15) is 9.90 Å². The number of hydrogen-bond donors (Lipinski definition) is 2. The van der Waals surface area contributed by atoms with Crippen molar-refractivity contribution in [3.8, 4) is 28.4 Å². The van der Waals surface area contributed by atoms with Gasteiger partial charge in [0.1, 0.15) is 5.69 Å². The molecule has 1 amide bonds. The van der Waals surface area contributed by atoms with Crippen molar-refractivity contribution in [2.45, 2.75) is 6.92 Å². The number of carbonyl (C=O) groups is 1. The maximum absolute atomic E-state index is 13.0. The van der Waals surface area contributed by atoms with Crippen LogP contribution in [0.25, 0.3) is 16.9 Å². The molecule has 0 radical (unpaired) electrons. The quantitative estimate of drug-likeness (QED) is 0.338. The predicted molar refractivity (Wildman–Crippen MR) is 123 cm³/mol. The molecule has 32 heavy (non-hydrogen) atoms. The molecule has 0 aliphatic rings. The summed E-state index contributed by atoms with van der Waals surface area (Å²) in [5.74, 6) is -0.0877. The molecular formula is C25H22N4O3. The third kappa shape index (κ3) is 4.52. The van der Waals surface area contributed by atoms with Crippen molar-refractivity contribution in [2.24, 2.45) is 5.10 Å². The highest BCUT2D eigenvalue weighted by Gasteiger charge is 2.18. The van der Waals surface area contributed by atoms with Gasteiger partial charge in [0.05, 0.1) is 24.1 Å². The number of para-hydroxylation sites is 2. The summed E-state index contributed by atoms with van der Waals surface area (Å²) in [6.45, 7) is 2.26. The zero-order valence-electron chi connectivity index (χ0n) is 17.5. The fourth-order valence-corrected chi connectivity index (χ4v) is 3.20. The van der Waals surface area contributed by atoms with Gasteiger partial charge in [0, 0.05) is 17.3 Å². The molecule has 1 heterocycles.